The lowest BCUT2D eigenvalue weighted by Crippen LogP contribution is -2.39. The lowest BCUT2D eigenvalue weighted by Gasteiger charge is -2.24. The molecule has 0 radical (unpaired) electrons. The van der Waals surface area contributed by atoms with Gasteiger partial charge in [0.15, 0.2) is 6.19 Å². The molecule has 2 fully saturated rings. The Labute approximate surface area is 145 Å². The van der Waals surface area contributed by atoms with Crippen LogP contribution in [0.1, 0.15) is 16.8 Å². The Bertz CT molecular complexity index is 871. The molecule has 2 aromatic rings. The summed E-state index contributed by atoms with van der Waals surface area (Å²) in [6.07, 6.45) is 6.38. The number of hydrogen-bond acceptors (Lipinski definition) is 4. The number of carbonyl (C=O) groups is 1. The minimum Gasteiger partial charge on any atom is -0.333 e. The summed E-state index contributed by atoms with van der Waals surface area (Å²) in [4.78, 5) is 16.5. The molecule has 0 unspecified atom stereocenters. The minimum absolute atomic E-state index is 0.0686. The second kappa shape index (κ2) is 5.88. The molecule has 0 N–H and O–H groups in total. The van der Waals surface area contributed by atoms with Crippen LogP contribution in [0.25, 0.3) is 11.1 Å². The number of carbonyl (C=O) groups excluding carboxylic acids is 1. The number of aromatic nitrogens is 2. The van der Waals surface area contributed by atoms with Crippen molar-refractivity contribution in [1.82, 2.24) is 19.6 Å². The summed E-state index contributed by atoms with van der Waals surface area (Å²) in [6, 6.07) is 4.53. The quantitative estimate of drug-likeness (QED) is 0.784. The molecule has 6 nitrogen and oxygen atoms in total. The number of amides is 1. The van der Waals surface area contributed by atoms with E-state index in [1.807, 2.05) is 4.90 Å². The largest absolute Gasteiger partial charge is 0.333 e. The lowest BCUT2D eigenvalue weighted by molar-refractivity contribution is 0.0731. The standard InChI is InChI=1S/C18H18FN5O/c1-22-8-14(7-21-22)15-6-12(2-3-16(15)19)18(25)24-5-4-13-9-23(11-20)10-17(13)24/h2-3,6-8,13,17H,4-5,9-10H2,1H3/t13-,17+/m1/s1. The zero-order valence-electron chi connectivity index (χ0n) is 13.9. The molecular weight excluding hydrogens is 321 g/mol. The first kappa shape index (κ1) is 15.6. The molecule has 128 valence electrons. The van der Waals surface area contributed by atoms with Crippen LogP contribution in [0.15, 0.2) is 30.6 Å². The summed E-state index contributed by atoms with van der Waals surface area (Å²) >= 11 is 0. The molecule has 7 heteroatoms. The van der Waals surface area contributed by atoms with Gasteiger partial charge in [-0.25, -0.2) is 4.39 Å². The first-order chi connectivity index (χ1) is 12.1. The van der Waals surface area contributed by atoms with Gasteiger partial charge in [0.2, 0.25) is 0 Å². The highest BCUT2D eigenvalue weighted by atomic mass is 19.1. The molecule has 4 rings (SSSR count). The van der Waals surface area contributed by atoms with E-state index in [1.54, 1.807) is 35.1 Å². The first-order valence-electron chi connectivity index (χ1n) is 8.31. The zero-order chi connectivity index (χ0) is 17.6. The molecule has 1 amide bonds. The Morgan fingerprint density at radius 1 is 1.40 bits per heavy atom. The lowest BCUT2D eigenvalue weighted by atomic mass is 10.0. The predicted molar refractivity (Wildman–Crippen MR) is 88.7 cm³/mol. The number of nitrogens with zero attached hydrogens (tertiary/aromatic N) is 5. The third-order valence-corrected chi connectivity index (χ3v) is 5.18. The first-order valence-corrected chi connectivity index (χ1v) is 8.31. The molecule has 0 aliphatic carbocycles. The number of rotatable bonds is 2. The van der Waals surface area contributed by atoms with Crippen LogP contribution >= 0.6 is 0 Å². The summed E-state index contributed by atoms with van der Waals surface area (Å²) < 4.78 is 15.8. The van der Waals surface area contributed by atoms with Crippen LogP contribution in [0, 0.1) is 23.2 Å². The van der Waals surface area contributed by atoms with Gasteiger partial charge in [-0.3, -0.25) is 9.48 Å². The van der Waals surface area contributed by atoms with Crippen molar-refractivity contribution in [1.29, 1.82) is 5.26 Å². The van der Waals surface area contributed by atoms with Crippen molar-refractivity contribution in [3.63, 3.8) is 0 Å². The molecule has 0 saturated carbocycles. The number of hydrogen-bond donors (Lipinski definition) is 0. The summed E-state index contributed by atoms with van der Waals surface area (Å²) in [5.74, 6) is -0.125. The fourth-order valence-corrected chi connectivity index (χ4v) is 3.90. The molecule has 2 atom stereocenters. The van der Waals surface area contributed by atoms with E-state index in [4.69, 9.17) is 5.26 Å². The third kappa shape index (κ3) is 2.64. The van der Waals surface area contributed by atoms with Gasteiger partial charge in [0.25, 0.3) is 5.91 Å². The normalized spacial score (nSPS) is 22.1. The molecule has 25 heavy (non-hydrogen) atoms. The van der Waals surface area contributed by atoms with Crippen molar-refractivity contribution in [3.05, 3.63) is 42.0 Å². The second-order valence-corrected chi connectivity index (χ2v) is 6.72. The van der Waals surface area contributed by atoms with Gasteiger partial charge in [-0.15, -0.1) is 0 Å². The molecule has 0 spiro atoms. The minimum atomic E-state index is -0.375. The topological polar surface area (TPSA) is 65.2 Å². The monoisotopic (exact) mass is 339 g/mol. The number of fused-ring (bicyclic) bond motifs is 1. The Morgan fingerprint density at radius 3 is 2.96 bits per heavy atom. The maximum Gasteiger partial charge on any atom is 0.254 e. The number of benzene rings is 1. The van der Waals surface area contributed by atoms with Crippen molar-refractivity contribution < 1.29 is 9.18 Å². The zero-order valence-corrected chi connectivity index (χ0v) is 13.9. The van der Waals surface area contributed by atoms with Gasteiger partial charge >= 0.3 is 0 Å². The molecule has 1 aromatic carbocycles. The molecule has 0 bridgehead atoms. The van der Waals surface area contributed by atoms with Gasteiger partial charge in [0.1, 0.15) is 5.82 Å². The number of likely N-dealkylation sites (tertiary alicyclic amines) is 2. The van der Waals surface area contributed by atoms with Crippen LogP contribution < -0.4 is 0 Å². The van der Waals surface area contributed by atoms with Crippen LogP contribution in [0.3, 0.4) is 0 Å². The smallest absolute Gasteiger partial charge is 0.254 e. The molecule has 2 aliphatic heterocycles. The van der Waals surface area contributed by atoms with Crippen LogP contribution in [-0.2, 0) is 7.05 Å². The fraction of sp³-hybridized carbons (Fsp3) is 0.389. The molecule has 2 saturated heterocycles. The van der Waals surface area contributed by atoms with Crippen LogP contribution in [0.2, 0.25) is 0 Å². The summed E-state index contributed by atoms with van der Waals surface area (Å²) in [5.41, 5.74) is 1.49. The van der Waals surface area contributed by atoms with Crippen molar-refractivity contribution in [2.24, 2.45) is 13.0 Å². The van der Waals surface area contributed by atoms with Gasteiger partial charge in [0, 0.05) is 55.5 Å². The van der Waals surface area contributed by atoms with Gasteiger partial charge in [-0.05, 0) is 24.6 Å². The second-order valence-electron chi connectivity index (χ2n) is 6.72. The highest BCUT2D eigenvalue weighted by Gasteiger charge is 2.43. The third-order valence-electron chi connectivity index (χ3n) is 5.18. The highest BCUT2D eigenvalue weighted by molar-refractivity contribution is 5.96. The van der Waals surface area contributed by atoms with Crippen LogP contribution in [-0.4, -0.2) is 51.2 Å². The van der Waals surface area contributed by atoms with E-state index in [0.29, 0.717) is 35.7 Å². The SMILES string of the molecule is Cn1cc(-c2cc(C(=O)N3CC[C@@H]4CN(C#N)C[C@@H]43)ccc2F)cn1. The summed E-state index contributed by atoms with van der Waals surface area (Å²) in [6.45, 7) is 1.99. The van der Waals surface area contributed by atoms with Crippen molar-refractivity contribution in [2.75, 3.05) is 19.6 Å². The number of halogens is 1. The van der Waals surface area contributed by atoms with Gasteiger partial charge in [0.05, 0.1) is 12.2 Å². The summed E-state index contributed by atoms with van der Waals surface area (Å²) in [7, 11) is 1.77. The Balaban J connectivity index is 1.62. The van der Waals surface area contributed by atoms with E-state index >= 15 is 0 Å². The number of aryl methyl sites for hydroxylation is 1. The van der Waals surface area contributed by atoms with E-state index in [1.165, 1.54) is 12.1 Å². The van der Waals surface area contributed by atoms with Crippen LogP contribution in [0.5, 0.6) is 0 Å². The van der Waals surface area contributed by atoms with E-state index in [-0.39, 0.29) is 17.8 Å². The van der Waals surface area contributed by atoms with Gasteiger partial charge < -0.3 is 9.80 Å². The number of nitriles is 1. The maximum absolute atomic E-state index is 14.2. The van der Waals surface area contributed by atoms with E-state index in [9.17, 15) is 9.18 Å². The maximum atomic E-state index is 14.2. The highest BCUT2D eigenvalue weighted by Crippen LogP contribution is 2.33. The summed E-state index contributed by atoms with van der Waals surface area (Å²) in [5, 5.41) is 13.1. The Morgan fingerprint density at radius 2 is 2.24 bits per heavy atom. The Hall–Kier alpha value is -2.88. The van der Waals surface area contributed by atoms with Crippen molar-refractivity contribution >= 4 is 5.91 Å². The van der Waals surface area contributed by atoms with Gasteiger partial charge in [-0.1, -0.05) is 0 Å². The van der Waals surface area contributed by atoms with Crippen molar-refractivity contribution in [2.45, 2.75) is 12.5 Å². The van der Waals surface area contributed by atoms with Gasteiger partial charge in [-0.2, -0.15) is 10.4 Å². The van der Waals surface area contributed by atoms with E-state index in [2.05, 4.69) is 11.3 Å². The Kier molecular flexibility index (Phi) is 3.68. The van der Waals surface area contributed by atoms with E-state index < -0.39 is 0 Å². The average molecular weight is 339 g/mol. The molecule has 1 aromatic heterocycles. The molecule has 2 aliphatic rings. The fourth-order valence-electron chi connectivity index (χ4n) is 3.90. The van der Waals surface area contributed by atoms with Crippen molar-refractivity contribution in [3.8, 4) is 17.3 Å². The average Bonchev–Trinajstić information content (AvgIpc) is 3.29. The molecule has 3 heterocycles. The predicted octanol–water partition coefficient (Wildman–Crippen LogP) is 1.85. The van der Waals surface area contributed by atoms with E-state index in [0.717, 1.165) is 13.0 Å². The van der Waals surface area contributed by atoms with Crippen LogP contribution in [0.4, 0.5) is 4.39 Å². The molecular formula is C18H18FN5O.